The molecule has 364 valence electrons. The molecule has 2 unspecified atom stereocenters. The van der Waals surface area contributed by atoms with E-state index in [0.717, 1.165) is 16.7 Å². The molecule has 0 saturated heterocycles. The second kappa shape index (κ2) is 20.4. The van der Waals surface area contributed by atoms with Crippen LogP contribution in [0.15, 0.2) is 107 Å². The van der Waals surface area contributed by atoms with Crippen LogP contribution < -0.4 is 36.5 Å². The molecule has 17 heteroatoms. The third-order valence-corrected chi connectivity index (χ3v) is 18.8. The molecule has 2 heterocycles. The lowest BCUT2D eigenvalue weighted by Gasteiger charge is -2.40. The largest absolute Gasteiger partial charge is 0.506 e. The van der Waals surface area contributed by atoms with Gasteiger partial charge in [0.2, 0.25) is 9.84 Å². The monoisotopic (exact) mass is 982 g/mol. The Labute approximate surface area is 409 Å². The number of nitrogens with two attached hydrogens (primary N) is 1. The fraction of sp³-hybridized carbons (Fsp3) is 0.283. The molecule has 0 bridgehead atoms. The summed E-state index contributed by atoms with van der Waals surface area (Å²) in [6.45, 7) is 16.7. The van der Waals surface area contributed by atoms with E-state index in [9.17, 15) is 27.9 Å². The number of hydrogen-bond acceptors (Lipinski definition) is 12. The lowest BCUT2D eigenvalue weighted by Crippen LogP contribution is -2.44. The van der Waals surface area contributed by atoms with Gasteiger partial charge in [0.15, 0.2) is 20.7 Å². The minimum absolute atomic E-state index is 0.0399. The summed E-state index contributed by atoms with van der Waals surface area (Å²) in [5.41, 5.74) is 10.8. The smallest absolute Gasteiger partial charge is 0.262 e. The molecular formula is C53H58N6O9SSi. The van der Waals surface area contributed by atoms with Crippen molar-refractivity contribution in [1.82, 2.24) is 10.3 Å². The van der Waals surface area contributed by atoms with Crippen LogP contribution in [-0.2, 0) is 19.1 Å². The van der Waals surface area contributed by atoms with E-state index >= 15 is 0 Å². The lowest BCUT2D eigenvalue weighted by atomic mass is 10.0. The summed E-state index contributed by atoms with van der Waals surface area (Å²) in [5, 5.41) is 23.2. The summed E-state index contributed by atoms with van der Waals surface area (Å²) < 4.78 is 46.7. The summed E-state index contributed by atoms with van der Waals surface area (Å²) in [6, 6.07) is 24.5. The van der Waals surface area contributed by atoms with Gasteiger partial charge in [-0.1, -0.05) is 44.7 Å². The highest BCUT2D eigenvalue weighted by molar-refractivity contribution is 7.91. The van der Waals surface area contributed by atoms with Gasteiger partial charge in [-0.25, -0.2) is 8.42 Å². The first-order valence-electron chi connectivity index (χ1n) is 22.7. The molecule has 1 aromatic heterocycles. The van der Waals surface area contributed by atoms with Crippen molar-refractivity contribution < 1.29 is 41.8 Å². The quantitative estimate of drug-likeness (QED) is 0.0322. The first-order chi connectivity index (χ1) is 33.1. The minimum atomic E-state index is -4.21. The topological polar surface area (TPSA) is 220 Å². The average molecular weight is 983 g/mol. The van der Waals surface area contributed by atoms with E-state index in [-0.39, 0.29) is 61.6 Å². The van der Waals surface area contributed by atoms with Crippen molar-refractivity contribution in [3.63, 3.8) is 0 Å². The van der Waals surface area contributed by atoms with Crippen molar-refractivity contribution in [2.75, 3.05) is 36.2 Å². The molecule has 0 spiro atoms. The first kappa shape index (κ1) is 50.6. The number of pyridine rings is 1. The fourth-order valence-electron chi connectivity index (χ4n) is 7.65. The molecule has 0 radical (unpaired) electrons. The van der Waals surface area contributed by atoms with Gasteiger partial charge < -0.3 is 46.0 Å². The Morgan fingerprint density at radius 3 is 2.46 bits per heavy atom. The number of hydrogen-bond donors (Lipinski definition) is 6. The Balaban J connectivity index is 1.04. The number of phenols is 1. The number of rotatable bonds is 15. The number of carbonyl (C=O) groups is 3. The van der Waals surface area contributed by atoms with Crippen LogP contribution in [0.5, 0.6) is 17.2 Å². The van der Waals surface area contributed by atoms with Crippen LogP contribution in [0.1, 0.15) is 83.2 Å². The third-order valence-electron chi connectivity index (χ3n) is 12.6. The Bertz CT molecular complexity index is 3210. The van der Waals surface area contributed by atoms with Crippen molar-refractivity contribution in [2.24, 2.45) is 5.73 Å². The van der Waals surface area contributed by atoms with Gasteiger partial charge in [0.05, 0.1) is 39.8 Å². The molecule has 70 heavy (non-hydrogen) atoms. The zero-order valence-corrected chi connectivity index (χ0v) is 42.5. The van der Waals surface area contributed by atoms with Crippen LogP contribution in [0.25, 0.3) is 10.9 Å². The van der Waals surface area contributed by atoms with E-state index in [1.807, 2.05) is 26.0 Å². The maximum atomic E-state index is 14.3. The average Bonchev–Trinajstić information content (AvgIpc) is 3.31. The predicted octanol–water partition coefficient (Wildman–Crippen LogP) is 9.31. The first-order valence-corrected chi connectivity index (χ1v) is 27.1. The highest BCUT2D eigenvalue weighted by atomic mass is 32.2. The molecule has 1 aliphatic heterocycles. The molecule has 0 fully saturated rings. The fourth-order valence-corrected chi connectivity index (χ4v) is 10.3. The van der Waals surface area contributed by atoms with E-state index in [4.69, 9.17) is 19.6 Å². The van der Waals surface area contributed by atoms with Crippen molar-refractivity contribution in [2.45, 2.75) is 88.0 Å². The van der Waals surface area contributed by atoms with Crippen molar-refractivity contribution in [3.05, 3.63) is 131 Å². The number of aromatic nitrogens is 1. The number of primary amides is 1. The molecular weight excluding hydrogens is 925 g/mol. The maximum absolute atomic E-state index is 14.3. The molecule has 0 saturated carbocycles. The number of aromatic hydroxyl groups is 1. The zero-order chi connectivity index (χ0) is 50.7. The highest BCUT2D eigenvalue weighted by Gasteiger charge is 2.41. The van der Waals surface area contributed by atoms with Gasteiger partial charge in [-0.2, -0.15) is 0 Å². The van der Waals surface area contributed by atoms with Crippen LogP contribution >= 0.6 is 0 Å². The van der Waals surface area contributed by atoms with Gasteiger partial charge in [0.25, 0.3) is 17.7 Å². The number of sulfone groups is 1. The SMILES string of the molecule is COc1cccc(Nc2c(C(N)=O)cnc3c(C)cc(S(=O)(=O)c4cccc(C(=O)Nc5ccc(C#CCC(C)NCC(O[Si](C)(C)C(C)(C)C)c6ccc(O)c7c6OCC(=O)N7)cc5C)c4)cc23)c1. The van der Waals surface area contributed by atoms with Gasteiger partial charge in [0.1, 0.15) is 17.2 Å². The lowest BCUT2D eigenvalue weighted by molar-refractivity contribution is -0.118. The number of amides is 3. The number of phenolic OH excluding ortho intramolecular Hbond substituents is 1. The molecule has 5 aromatic carbocycles. The number of carbonyl (C=O) groups excluding carboxylic acids is 3. The zero-order valence-electron chi connectivity index (χ0n) is 40.7. The number of aryl methyl sites for hydroxylation is 2. The summed E-state index contributed by atoms with van der Waals surface area (Å²) in [6.07, 6.45) is 1.43. The molecule has 6 aromatic rings. The third kappa shape index (κ3) is 11.1. The van der Waals surface area contributed by atoms with Gasteiger partial charge >= 0.3 is 0 Å². The van der Waals surface area contributed by atoms with Crippen LogP contribution in [0.2, 0.25) is 18.1 Å². The van der Waals surface area contributed by atoms with E-state index < -0.39 is 36.1 Å². The second-order valence-corrected chi connectivity index (χ2v) is 25.5. The van der Waals surface area contributed by atoms with Gasteiger partial charge in [-0.05, 0) is 123 Å². The van der Waals surface area contributed by atoms with Crippen molar-refractivity contribution >= 4 is 69.5 Å². The Morgan fingerprint density at radius 1 is 0.986 bits per heavy atom. The highest BCUT2D eigenvalue weighted by Crippen LogP contribution is 2.46. The molecule has 1 aliphatic rings. The molecule has 0 aliphatic carbocycles. The Kier molecular flexibility index (Phi) is 14.7. The molecule has 15 nitrogen and oxygen atoms in total. The van der Waals surface area contributed by atoms with Gasteiger partial charge in [-0.15, -0.1) is 0 Å². The normalized spacial score (nSPS) is 13.5. The standard InChI is InChI=1S/C53H58N6O9SSi/c1-31-23-34(14-10-13-33(3)55-29-45(68-70(8,9)53(4,5)6)40-20-22-44(60)49-50(40)67-30-46(61)59-49)19-21-43(31)58-52(63)35-15-11-18-38(25-35)69(64,65)39-24-32(2)47-41(27-39)48(42(28-56-47)51(54)62)57-36-16-12-17-37(26-36)66-7/h11-12,15-28,33,45,55,60H,13,29-30H2,1-9H3,(H2,54,62)(H,56,57)(H,58,63)(H,59,61). The summed E-state index contributed by atoms with van der Waals surface area (Å²) >= 11 is 0. The van der Waals surface area contributed by atoms with E-state index in [1.165, 1.54) is 49.7 Å². The van der Waals surface area contributed by atoms with E-state index in [0.29, 0.717) is 52.3 Å². The van der Waals surface area contributed by atoms with Crippen LogP contribution in [-0.4, -0.2) is 70.9 Å². The van der Waals surface area contributed by atoms with E-state index in [2.05, 4.69) is 72.0 Å². The molecule has 7 N–H and O–H groups in total. The van der Waals surface area contributed by atoms with Gasteiger partial charge in [-0.3, -0.25) is 19.4 Å². The summed E-state index contributed by atoms with van der Waals surface area (Å²) in [4.78, 5) is 42.7. The van der Waals surface area contributed by atoms with Crippen molar-refractivity contribution in [1.29, 1.82) is 0 Å². The van der Waals surface area contributed by atoms with Crippen LogP contribution in [0, 0.1) is 25.7 Å². The maximum Gasteiger partial charge on any atom is 0.262 e. The number of methoxy groups -OCH3 is 1. The van der Waals surface area contributed by atoms with Gasteiger partial charge in [0, 0.05) is 64.7 Å². The number of nitrogens with one attached hydrogen (secondary N) is 4. The van der Waals surface area contributed by atoms with E-state index in [1.54, 1.807) is 49.4 Å². The van der Waals surface area contributed by atoms with Crippen LogP contribution in [0.3, 0.4) is 0 Å². The molecule has 2 atom stereocenters. The van der Waals surface area contributed by atoms with Crippen molar-refractivity contribution in [3.8, 4) is 29.1 Å². The summed E-state index contributed by atoms with van der Waals surface area (Å²) in [7, 11) is -4.97. The Hall–Kier alpha value is -7.23. The number of ether oxygens (including phenoxy) is 2. The minimum Gasteiger partial charge on any atom is -0.506 e. The summed E-state index contributed by atoms with van der Waals surface area (Å²) in [5.74, 6) is 5.77. The van der Waals surface area contributed by atoms with Crippen LogP contribution in [0.4, 0.5) is 22.7 Å². The molecule has 3 amide bonds. The predicted molar refractivity (Wildman–Crippen MR) is 275 cm³/mol. The number of nitrogens with zero attached hydrogens (tertiary/aromatic N) is 1. The number of fused-ring (bicyclic) bond motifs is 2. The Morgan fingerprint density at radius 2 is 1.74 bits per heavy atom. The number of anilines is 4. The molecule has 7 rings (SSSR count). The second-order valence-electron chi connectivity index (χ2n) is 18.8. The number of benzene rings is 5.